The van der Waals surface area contributed by atoms with Crippen molar-refractivity contribution in [3.8, 4) is 0 Å². The third-order valence-electron chi connectivity index (χ3n) is 4.47. The minimum atomic E-state index is -0.557. The molecule has 0 bridgehead atoms. The SMILES string of the molecule is CCCNCC(C)(CC)CN(C)CC1(O)CCOCC1. The molecule has 20 heavy (non-hydrogen) atoms. The molecule has 4 heteroatoms. The molecule has 1 saturated heterocycles. The minimum Gasteiger partial charge on any atom is -0.388 e. The second-order valence-electron chi connectivity index (χ2n) is 6.85. The van der Waals surface area contributed by atoms with Crippen LogP contribution in [0.1, 0.15) is 46.5 Å². The van der Waals surface area contributed by atoms with E-state index < -0.39 is 5.60 Å². The topological polar surface area (TPSA) is 44.7 Å². The minimum absolute atomic E-state index is 0.269. The van der Waals surface area contributed by atoms with Crippen LogP contribution in [0.5, 0.6) is 0 Å². The monoisotopic (exact) mass is 286 g/mol. The van der Waals surface area contributed by atoms with Gasteiger partial charge in [0.25, 0.3) is 0 Å². The Morgan fingerprint density at radius 3 is 2.50 bits per heavy atom. The Labute approximate surface area is 124 Å². The van der Waals surface area contributed by atoms with E-state index in [1.54, 1.807) is 0 Å². The molecule has 1 atom stereocenters. The maximum Gasteiger partial charge on any atom is 0.0817 e. The summed E-state index contributed by atoms with van der Waals surface area (Å²) in [7, 11) is 2.13. The molecule has 0 radical (unpaired) electrons. The molecule has 120 valence electrons. The van der Waals surface area contributed by atoms with Crippen LogP contribution < -0.4 is 5.32 Å². The highest BCUT2D eigenvalue weighted by atomic mass is 16.5. The number of ether oxygens (including phenoxy) is 1. The van der Waals surface area contributed by atoms with E-state index in [2.05, 4.69) is 38.0 Å². The van der Waals surface area contributed by atoms with Crippen LogP contribution in [-0.2, 0) is 4.74 Å². The molecule has 0 saturated carbocycles. The molecular weight excluding hydrogens is 252 g/mol. The smallest absolute Gasteiger partial charge is 0.0817 e. The fourth-order valence-electron chi connectivity index (χ4n) is 2.98. The first-order chi connectivity index (χ1) is 9.43. The zero-order valence-electron chi connectivity index (χ0n) is 13.9. The molecule has 1 aliphatic heterocycles. The van der Waals surface area contributed by atoms with Crippen LogP contribution in [0.4, 0.5) is 0 Å². The molecule has 0 spiro atoms. The van der Waals surface area contributed by atoms with Gasteiger partial charge in [0, 0.05) is 45.7 Å². The second-order valence-corrected chi connectivity index (χ2v) is 6.85. The first kappa shape index (κ1) is 17.9. The summed E-state index contributed by atoms with van der Waals surface area (Å²) in [5.41, 5.74) is -0.288. The van der Waals surface area contributed by atoms with Crippen molar-refractivity contribution in [2.75, 3.05) is 46.4 Å². The van der Waals surface area contributed by atoms with Gasteiger partial charge in [-0.3, -0.25) is 0 Å². The molecule has 0 aromatic heterocycles. The Morgan fingerprint density at radius 2 is 1.95 bits per heavy atom. The Bertz CT molecular complexity index is 267. The lowest BCUT2D eigenvalue weighted by atomic mass is 9.86. The summed E-state index contributed by atoms with van der Waals surface area (Å²) in [5, 5.41) is 14.1. The Morgan fingerprint density at radius 1 is 1.30 bits per heavy atom. The van der Waals surface area contributed by atoms with Gasteiger partial charge in [-0.15, -0.1) is 0 Å². The van der Waals surface area contributed by atoms with Gasteiger partial charge in [-0.25, -0.2) is 0 Å². The van der Waals surface area contributed by atoms with Crippen LogP contribution >= 0.6 is 0 Å². The van der Waals surface area contributed by atoms with Gasteiger partial charge in [0.15, 0.2) is 0 Å². The zero-order chi connectivity index (χ0) is 15.1. The normalized spacial score (nSPS) is 21.9. The fraction of sp³-hybridized carbons (Fsp3) is 1.00. The molecule has 1 fully saturated rings. The van der Waals surface area contributed by atoms with Crippen LogP contribution in [0.3, 0.4) is 0 Å². The van der Waals surface area contributed by atoms with E-state index in [4.69, 9.17) is 4.74 Å². The third kappa shape index (κ3) is 6.08. The van der Waals surface area contributed by atoms with E-state index in [-0.39, 0.29) is 5.41 Å². The summed E-state index contributed by atoms with van der Waals surface area (Å²) < 4.78 is 5.35. The quantitative estimate of drug-likeness (QED) is 0.635. The van der Waals surface area contributed by atoms with Crippen LogP contribution in [0.25, 0.3) is 0 Å². The van der Waals surface area contributed by atoms with Crippen LogP contribution in [-0.4, -0.2) is 62.0 Å². The maximum atomic E-state index is 10.6. The van der Waals surface area contributed by atoms with E-state index >= 15 is 0 Å². The lowest BCUT2D eigenvalue weighted by Gasteiger charge is -2.39. The molecule has 1 aliphatic rings. The average Bonchev–Trinajstić information content (AvgIpc) is 2.39. The third-order valence-corrected chi connectivity index (χ3v) is 4.47. The van der Waals surface area contributed by atoms with Gasteiger partial charge in [0.1, 0.15) is 0 Å². The number of nitrogens with zero attached hydrogens (tertiary/aromatic N) is 1. The van der Waals surface area contributed by atoms with Crippen molar-refractivity contribution in [3.63, 3.8) is 0 Å². The first-order valence-electron chi connectivity index (χ1n) is 8.12. The highest BCUT2D eigenvalue weighted by Gasteiger charge is 2.33. The van der Waals surface area contributed by atoms with Gasteiger partial charge in [-0.1, -0.05) is 20.8 Å². The van der Waals surface area contributed by atoms with Gasteiger partial charge in [0.05, 0.1) is 5.60 Å². The summed E-state index contributed by atoms with van der Waals surface area (Å²) >= 11 is 0. The maximum absolute atomic E-state index is 10.6. The number of rotatable bonds is 9. The molecule has 0 amide bonds. The largest absolute Gasteiger partial charge is 0.388 e. The van der Waals surface area contributed by atoms with E-state index in [9.17, 15) is 5.11 Å². The summed E-state index contributed by atoms with van der Waals surface area (Å²) in [5.74, 6) is 0. The van der Waals surface area contributed by atoms with E-state index in [1.165, 1.54) is 6.42 Å². The van der Waals surface area contributed by atoms with E-state index in [0.717, 1.165) is 45.4 Å². The predicted molar refractivity (Wildman–Crippen MR) is 84.1 cm³/mol. The molecule has 0 aliphatic carbocycles. The standard InChI is InChI=1S/C16H34N2O2/c1-5-9-17-12-15(3,6-2)13-18(4)14-16(19)7-10-20-11-8-16/h17,19H,5-14H2,1-4H3. The van der Waals surface area contributed by atoms with Crippen molar-refractivity contribution >= 4 is 0 Å². The summed E-state index contributed by atoms with van der Waals surface area (Å²) in [6.45, 7) is 12.1. The van der Waals surface area contributed by atoms with Crippen LogP contribution in [0.2, 0.25) is 0 Å². The Kier molecular flexibility index (Phi) is 7.45. The van der Waals surface area contributed by atoms with Gasteiger partial charge in [-0.05, 0) is 31.8 Å². The van der Waals surface area contributed by atoms with Crippen molar-refractivity contribution in [1.29, 1.82) is 0 Å². The van der Waals surface area contributed by atoms with Crippen molar-refractivity contribution in [1.82, 2.24) is 10.2 Å². The highest BCUT2D eigenvalue weighted by Crippen LogP contribution is 2.25. The van der Waals surface area contributed by atoms with Gasteiger partial charge in [-0.2, -0.15) is 0 Å². The molecule has 2 N–H and O–H groups in total. The van der Waals surface area contributed by atoms with Gasteiger partial charge >= 0.3 is 0 Å². The molecule has 1 heterocycles. The molecule has 1 unspecified atom stereocenters. The zero-order valence-corrected chi connectivity index (χ0v) is 13.9. The van der Waals surface area contributed by atoms with Crippen molar-refractivity contribution in [2.24, 2.45) is 5.41 Å². The molecule has 4 nitrogen and oxygen atoms in total. The summed E-state index contributed by atoms with van der Waals surface area (Å²) in [6, 6.07) is 0. The number of hydrogen-bond acceptors (Lipinski definition) is 4. The van der Waals surface area contributed by atoms with E-state index in [1.807, 2.05) is 0 Å². The van der Waals surface area contributed by atoms with Crippen LogP contribution in [0, 0.1) is 5.41 Å². The molecule has 0 aromatic rings. The first-order valence-corrected chi connectivity index (χ1v) is 8.12. The Balaban J connectivity index is 2.42. The lowest BCUT2D eigenvalue weighted by molar-refractivity contribution is -0.0800. The van der Waals surface area contributed by atoms with Crippen molar-refractivity contribution in [2.45, 2.75) is 52.1 Å². The lowest BCUT2D eigenvalue weighted by Crippen LogP contribution is -2.49. The second kappa shape index (κ2) is 8.32. The highest BCUT2D eigenvalue weighted by molar-refractivity contribution is 4.86. The van der Waals surface area contributed by atoms with Crippen molar-refractivity contribution < 1.29 is 9.84 Å². The summed E-state index contributed by atoms with van der Waals surface area (Å²) in [4.78, 5) is 2.29. The Hall–Kier alpha value is -0.160. The van der Waals surface area contributed by atoms with Crippen molar-refractivity contribution in [3.05, 3.63) is 0 Å². The predicted octanol–water partition coefficient (Wildman–Crippen LogP) is 1.88. The summed E-state index contributed by atoms with van der Waals surface area (Å²) in [6.07, 6.45) is 3.84. The molecule has 1 rings (SSSR count). The number of hydrogen-bond donors (Lipinski definition) is 2. The van der Waals surface area contributed by atoms with Gasteiger partial charge in [0.2, 0.25) is 0 Å². The fourth-order valence-corrected chi connectivity index (χ4v) is 2.98. The number of likely N-dealkylation sites (N-methyl/N-ethyl adjacent to an activating group) is 1. The molecule has 0 aromatic carbocycles. The molecular formula is C16H34N2O2. The van der Waals surface area contributed by atoms with Crippen LogP contribution in [0.15, 0.2) is 0 Å². The number of nitrogens with one attached hydrogen (secondary N) is 1. The number of aliphatic hydroxyl groups is 1. The average molecular weight is 286 g/mol. The van der Waals surface area contributed by atoms with Gasteiger partial charge < -0.3 is 20.1 Å². The van der Waals surface area contributed by atoms with E-state index in [0.29, 0.717) is 13.2 Å².